The monoisotopic (exact) mass is 258 g/mol. The van der Waals surface area contributed by atoms with Crippen molar-refractivity contribution < 1.29 is 4.39 Å². The first-order valence-corrected chi connectivity index (χ1v) is 6.43. The number of rotatable bonds is 4. The Kier molecular flexibility index (Phi) is 4.17. The van der Waals surface area contributed by atoms with E-state index in [1.54, 1.807) is 12.1 Å². The fourth-order valence-electron chi connectivity index (χ4n) is 2.19. The Morgan fingerprint density at radius 2 is 1.79 bits per heavy atom. The number of nitrogens with two attached hydrogens (primary N) is 1. The number of halogens is 1. The normalized spacial score (nSPS) is 10.5. The fraction of sp³-hybridized carbons (Fsp3) is 0.250. The Balaban J connectivity index is 2.38. The largest absolute Gasteiger partial charge is 0.355 e. The van der Waals surface area contributed by atoms with E-state index in [1.165, 1.54) is 17.2 Å². The maximum Gasteiger partial charge on any atom is 0.123 e. The third-order valence-corrected chi connectivity index (χ3v) is 3.22. The summed E-state index contributed by atoms with van der Waals surface area (Å²) in [6.07, 6.45) is 0.658. The van der Waals surface area contributed by atoms with E-state index in [1.807, 2.05) is 6.07 Å². The zero-order chi connectivity index (χ0) is 13.8. The van der Waals surface area contributed by atoms with Crippen LogP contribution in [-0.4, -0.2) is 6.54 Å². The van der Waals surface area contributed by atoms with Gasteiger partial charge in [0, 0.05) is 11.4 Å². The fourth-order valence-corrected chi connectivity index (χ4v) is 2.19. The van der Waals surface area contributed by atoms with Gasteiger partial charge in [0.25, 0.3) is 0 Å². The van der Waals surface area contributed by atoms with Crippen LogP contribution < -0.4 is 11.1 Å². The van der Waals surface area contributed by atoms with E-state index >= 15 is 0 Å². The SMILES string of the molecule is Cc1cccc(C)c1Nc1ccc(F)cc1CCN. The van der Waals surface area contributed by atoms with Gasteiger partial charge in [-0.1, -0.05) is 18.2 Å². The summed E-state index contributed by atoms with van der Waals surface area (Å²) >= 11 is 0. The zero-order valence-corrected chi connectivity index (χ0v) is 11.3. The van der Waals surface area contributed by atoms with Gasteiger partial charge in [-0.15, -0.1) is 0 Å². The van der Waals surface area contributed by atoms with E-state index in [2.05, 4.69) is 31.3 Å². The van der Waals surface area contributed by atoms with Gasteiger partial charge in [-0.3, -0.25) is 0 Å². The quantitative estimate of drug-likeness (QED) is 0.877. The zero-order valence-electron chi connectivity index (χ0n) is 11.3. The van der Waals surface area contributed by atoms with Gasteiger partial charge in [-0.2, -0.15) is 0 Å². The van der Waals surface area contributed by atoms with Gasteiger partial charge in [0.2, 0.25) is 0 Å². The summed E-state index contributed by atoms with van der Waals surface area (Å²) in [5.41, 5.74) is 10.8. The minimum atomic E-state index is -0.226. The Labute approximate surface area is 113 Å². The number of hydrogen-bond acceptors (Lipinski definition) is 2. The molecule has 100 valence electrons. The van der Waals surface area contributed by atoms with Crippen LogP contribution in [0.25, 0.3) is 0 Å². The molecule has 3 N–H and O–H groups in total. The van der Waals surface area contributed by atoms with E-state index < -0.39 is 0 Å². The lowest BCUT2D eigenvalue weighted by molar-refractivity contribution is 0.625. The summed E-state index contributed by atoms with van der Waals surface area (Å²) in [6, 6.07) is 10.9. The second-order valence-electron chi connectivity index (χ2n) is 4.73. The molecule has 0 saturated carbocycles. The highest BCUT2D eigenvalue weighted by Gasteiger charge is 2.07. The minimum absolute atomic E-state index is 0.226. The summed E-state index contributed by atoms with van der Waals surface area (Å²) in [7, 11) is 0. The number of benzene rings is 2. The van der Waals surface area contributed by atoms with Crippen LogP contribution in [0.2, 0.25) is 0 Å². The van der Waals surface area contributed by atoms with Gasteiger partial charge in [0.05, 0.1) is 0 Å². The minimum Gasteiger partial charge on any atom is -0.355 e. The van der Waals surface area contributed by atoms with Crippen molar-refractivity contribution in [2.45, 2.75) is 20.3 Å². The average Bonchev–Trinajstić information content (AvgIpc) is 2.37. The highest BCUT2D eigenvalue weighted by molar-refractivity contribution is 5.68. The van der Waals surface area contributed by atoms with Gasteiger partial charge in [-0.25, -0.2) is 4.39 Å². The van der Waals surface area contributed by atoms with Gasteiger partial charge >= 0.3 is 0 Å². The number of hydrogen-bond donors (Lipinski definition) is 2. The Hall–Kier alpha value is -1.87. The maximum absolute atomic E-state index is 13.3. The smallest absolute Gasteiger partial charge is 0.123 e. The highest BCUT2D eigenvalue weighted by Crippen LogP contribution is 2.27. The first-order valence-electron chi connectivity index (χ1n) is 6.43. The Morgan fingerprint density at radius 1 is 1.11 bits per heavy atom. The lowest BCUT2D eigenvalue weighted by Crippen LogP contribution is -2.06. The molecule has 19 heavy (non-hydrogen) atoms. The molecule has 0 aliphatic rings. The highest BCUT2D eigenvalue weighted by atomic mass is 19.1. The van der Waals surface area contributed by atoms with Gasteiger partial charge in [0.1, 0.15) is 5.82 Å². The molecule has 2 rings (SSSR count). The number of aryl methyl sites for hydroxylation is 2. The summed E-state index contributed by atoms with van der Waals surface area (Å²) in [4.78, 5) is 0. The molecule has 0 bridgehead atoms. The predicted octanol–water partition coefficient (Wildman–Crippen LogP) is 3.69. The summed E-state index contributed by atoms with van der Waals surface area (Å²) in [6.45, 7) is 4.62. The molecule has 0 fully saturated rings. The predicted molar refractivity (Wildman–Crippen MR) is 78.4 cm³/mol. The van der Waals surface area contributed by atoms with Crippen LogP contribution in [-0.2, 0) is 6.42 Å². The van der Waals surface area contributed by atoms with Crippen LogP contribution in [0.1, 0.15) is 16.7 Å². The summed E-state index contributed by atoms with van der Waals surface area (Å²) in [5.74, 6) is -0.226. The third kappa shape index (κ3) is 3.12. The number of anilines is 2. The van der Waals surface area contributed by atoms with Gasteiger partial charge in [-0.05, 0) is 61.7 Å². The Morgan fingerprint density at radius 3 is 2.42 bits per heavy atom. The van der Waals surface area contributed by atoms with Crippen molar-refractivity contribution in [1.82, 2.24) is 0 Å². The molecule has 2 aromatic carbocycles. The maximum atomic E-state index is 13.3. The van der Waals surface area contributed by atoms with Crippen LogP contribution >= 0.6 is 0 Å². The van der Waals surface area contributed by atoms with Crippen molar-refractivity contribution in [3.63, 3.8) is 0 Å². The summed E-state index contributed by atoms with van der Waals surface area (Å²) < 4.78 is 13.3. The van der Waals surface area contributed by atoms with Gasteiger partial charge in [0.15, 0.2) is 0 Å². The molecule has 0 aromatic heterocycles. The topological polar surface area (TPSA) is 38.0 Å². The van der Waals surface area contributed by atoms with Crippen LogP contribution in [0, 0.1) is 19.7 Å². The second kappa shape index (κ2) is 5.85. The van der Waals surface area contributed by atoms with Crippen LogP contribution in [0.5, 0.6) is 0 Å². The first-order chi connectivity index (χ1) is 9.11. The molecule has 0 aliphatic carbocycles. The molecule has 0 radical (unpaired) electrons. The van der Waals surface area contributed by atoms with Crippen molar-refractivity contribution in [3.8, 4) is 0 Å². The first kappa shape index (κ1) is 13.6. The Bertz CT molecular complexity index is 559. The molecular formula is C16H19FN2. The number of nitrogens with one attached hydrogen (secondary N) is 1. The standard InChI is InChI=1S/C16H19FN2/c1-11-4-3-5-12(2)16(11)19-15-7-6-14(17)10-13(15)8-9-18/h3-7,10,19H,8-9,18H2,1-2H3. The molecule has 0 heterocycles. The second-order valence-corrected chi connectivity index (χ2v) is 4.73. The molecule has 3 heteroatoms. The van der Waals surface area contributed by atoms with Crippen molar-refractivity contribution in [2.75, 3.05) is 11.9 Å². The number of para-hydroxylation sites is 1. The third-order valence-electron chi connectivity index (χ3n) is 3.22. The molecule has 0 saturated heterocycles. The molecule has 2 nitrogen and oxygen atoms in total. The van der Waals surface area contributed by atoms with Crippen molar-refractivity contribution in [1.29, 1.82) is 0 Å². The van der Waals surface area contributed by atoms with Crippen molar-refractivity contribution in [2.24, 2.45) is 5.73 Å². The van der Waals surface area contributed by atoms with Crippen molar-refractivity contribution in [3.05, 3.63) is 58.9 Å². The van der Waals surface area contributed by atoms with Crippen molar-refractivity contribution >= 4 is 11.4 Å². The lowest BCUT2D eigenvalue weighted by Gasteiger charge is -2.16. The lowest BCUT2D eigenvalue weighted by atomic mass is 10.1. The molecule has 2 aromatic rings. The van der Waals surface area contributed by atoms with E-state index in [0.717, 1.165) is 16.9 Å². The molecule has 0 atom stereocenters. The van der Waals surface area contributed by atoms with E-state index in [0.29, 0.717) is 13.0 Å². The summed E-state index contributed by atoms with van der Waals surface area (Å²) in [5, 5.41) is 3.40. The van der Waals surface area contributed by atoms with Crippen LogP contribution in [0.3, 0.4) is 0 Å². The van der Waals surface area contributed by atoms with Crippen LogP contribution in [0.15, 0.2) is 36.4 Å². The van der Waals surface area contributed by atoms with E-state index in [-0.39, 0.29) is 5.82 Å². The molecular weight excluding hydrogens is 239 g/mol. The molecule has 0 aliphatic heterocycles. The van der Waals surface area contributed by atoms with E-state index in [9.17, 15) is 4.39 Å². The van der Waals surface area contributed by atoms with Gasteiger partial charge < -0.3 is 11.1 Å². The molecule has 0 unspecified atom stereocenters. The molecule has 0 amide bonds. The average molecular weight is 258 g/mol. The molecule has 0 spiro atoms. The van der Waals surface area contributed by atoms with Crippen LogP contribution in [0.4, 0.5) is 15.8 Å². The van der Waals surface area contributed by atoms with E-state index in [4.69, 9.17) is 5.73 Å².